The standard InChI is InChI=1S/2C23H34O5.C4H8O2.C2H6O.2K.H2O/c2*1-2-3-4-7-17(24)9-10-18-19-11-15-6-5-8-22(28-14-23(26)27)20(15)12-16(19)13-21(18)25;1-3-6-4(2)5;1-2-3;;;/h2*5-6,8,16-19,21,24-25H,2-4,7,9-14H2,1H3,(H,26,27);3H2,1-2H3;3H,2H2,1H3;;;1H2/q;;;;2*+1;/p-2/t2*16-,17-,18+,19-,21+;;;;;/m00...../s1. The fourth-order valence-electron chi connectivity index (χ4n) is 10.7. The van der Waals surface area contributed by atoms with Crippen LogP contribution < -0.4 is 117 Å². The van der Waals surface area contributed by atoms with Crippen molar-refractivity contribution in [3.63, 3.8) is 0 Å². The van der Waals surface area contributed by atoms with E-state index < -0.39 is 18.5 Å². The number of benzene rings is 2. The minimum Gasteiger partial charge on any atom is -0.870 e. The van der Waals surface area contributed by atoms with Crippen molar-refractivity contribution in [3.05, 3.63) is 58.7 Å². The second-order valence-electron chi connectivity index (χ2n) is 18.4. The second kappa shape index (κ2) is 37.2. The summed E-state index contributed by atoms with van der Waals surface area (Å²) < 4.78 is 15.3. The number of carbonyl (C=O) groups is 3. The van der Waals surface area contributed by atoms with Crippen LogP contribution in [-0.4, -0.2) is 105 Å². The molecule has 2 saturated carbocycles. The maximum atomic E-state index is 10.8. The minimum atomic E-state index is -1.22. The van der Waals surface area contributed by atoms with Crippen molar-refractivity contribution >= 4 is 17.9 Å². The van der Waals surface area contributed by atoms with Crippen molar-refractivity contribution in [2.45, 2.75) is 175 Å². The Morgan fingerprint density at radius 2 is 1.09 bits per heavy atom. The van der Waals surface area contributed by atoms with Gasteiger partial charge in [-0.05, 0) is 161 Å². The average Bonchev–Trinajstić information content (AvgIpc) is 3.74. The first-order valence-corrected chi connectivity index (χ1v) is 24.5. The number of unbranched alkanes of at least 4 members (excludes halogenated alkanes) is 4. The van der Waals surface area contributed by atoms with Gasteiger partial charge in [-0.3, -0.25) is 4.79 Å². The van der Waals surface area contributed by atoms with Crippen LogP contribution in [-0.2, 0) is 44.8 Å². The summed E-state index contributed by atoms with van der Waals surface area (Å²) in [6.07, 6.45) is 15.6. The van der Waals surface area contributed by atoms with Crippen LogP contribution in [0.4, 0.5) is 0 Å². The van der Waals surface area contributed by atoms with Gasteiger partial charge in [0, 0.05) is 13.5 Å². The Morgan fingerprint density at radius 3 is 1.43 bits per heavy atom. The van der Waals surface area contributed by atoms with Crippen LogP contribution in [0, 0.1) is 35.5 Å². The van der Waals surface area contributed by atoms with Crippen LogP contribution in [0.15, 0.2) is 36.4 Å². The molecule has 14 nitrogen and oxygen atoms in total. The number of aliphatic hydroxyl groups excluding tert-OH is 5. The molecule has 0 saturated heterocycles. The molecule has 10 atom stereocenters. The fraction of sp³-hybridized carbons (Fsp3) is 0.712. The molecule has 0 spiro atoms. The van der Waals surface area contributed by atoms with Gasteiger partial charge in [0.2, 0.25) is 0 Å². The van der Waals surface area contributed by atoms with E-state index in [1.165, 1.54) is 18.1 Å². The van der Waals surface area contributed by atoms with Crippen molar-refractivity contribution in [3.8, 4) is 11.5 Å². The average molecular weight is 1010 g/mol. The normalized spacial score (nSPS) is 23.3. The van der Waals surface area contributed by atoms with Gasteiger partial charge in [-0.15, -0.1) is 0 Å². The van der Waals surface area contributed by atoms with E-state index in [1.54, 1.807) is 13.8 Å². The molecule has 0 amide bonds. The number of aliphatic carboxylic acids is 2. The van der Waals surface area contributed by atoms with Crippen molar-refractivity contribution in [2.75, 3.05) is 26.4 Å². The third-order valence-corrected chi connectivity index (χ3v) is 13.7. The first-order valence-electron chi connectivity index (χ1n) is 24.5. The number of carboxylic acid groups (broad SMARTS) is 2. The monoisotopic (exact) mass is 1010 g/mol. The van der Waals surface area contributed by atoms with E-state index >= 15 is 0 Å². The van der Waals surface area contributed by atoms with Crippen molar-refractivity contribution < 1.29 is 173 Å². The summed E-state index contributed by atoms with van der Waals surface area (Å²) in [5.41, 5.74) is 4.60. The van der Waals surface area contributed by atoms with E-state index in [0.29, 0.717) is 41.8 Å². The molecule has 68 heavy (non-hydrogen) atoms. The molecule has 16 heteroatoms. The number of carbonyl (C=O) groups excluding carboxylic acids is 2. The van der Waals surface area contributed by atoms with E-state index in [1.807, 2.05) is 24.3 Å². The molecule has 4 aliphatic carbocycles. The quantitative estimate of drug-likeness (QED) is 0.0557. The first kappa shape index (κ1) is 67.5. The molecule has 0 bridgehead atoms. The van der Waals surface area contributed by atoms with E-state index in [4.69, 9.17) is 19.7 Å². The Kier molecular flexibility index (Phi) is 37.0. The molecule has 0 aliphatic heterocycles. The number of aliphatic hydroxyl groups is 5. The summed E-state index contributed by atoms with van der Waals surface area (Å²) >= 11 is 0. The van der Waals surface area contributed by atoms with Crippen LogP contribution in [0.25, 0.3) is 0 Å². The van der Waals surface area contributed by atoms with Gasteiger partial charge in [0.25, 0.3) is 0 Å². The number of rotatable bonds is 21. The second-order valence-corrected chi connectivity index (χ2v) is 18.4. The molecule has 2 aromatic carbocycles. The zero-order valence-corrected chi connectivity index (χ0v) is 48.5. The van der Waals surface area contributed by atoms with Crippen LogP contribution >= 0.6 is 0 Å². The summed E-state index contributed by atoms with van der Waals surface area (Å²) in [6, 6.07) is 11.7. The van der Waals surface area contributed by atoms with Gasteiger partial charge in [-0.25, -0.2) is 4.79 Å². The molecule has 2 aromatic rings. The molecule has 0 heterocycles. The summed E-state index contributed by atoms with van der Waals surface area (Å²) in [6.45, 7) is 9.15. The SMILES string of the molecule is CCCCC[C@H](O)CC[C@@H]1[C@H]2Cc3cccc(OCC(=O)O)c3C[C@H]2C[C@H]1O.CCCCC[C@H](O)CC[C@@H]1[C@H]2Cc3cccc(OCC(=O)[O-])c3C[C@H]2C[C@H]1O.CCO.CCOC(C)=O.[K+].[K+].[OH-]. The third kappa shape index (κ3) is 23.1. The smallest absolute Gasteiger partial charge is 0.870 e. The Hall–Kier alpha value is -0.517. The number of carboxylic acids is 2. The molecule has 7 N–H and O–H groups in total. The topological polar surface area (TPSA) is 253 Å². The number of fused-ring (bicyclic) bond motifs is 4. The van der Waals surface area contributed by atoms with Crippen molar-refractivity contribution in [1.29, 1.82) is 0 Å². The van der Waals surface area contributed by atoms with Crippen LogP contribution in [0.5, 0.6) is 11.5 Å². The molecule has 376 valence electrons. The van der Waals surface area contributed by atoms with Gasteiger partial charge < -0.3 is 60.2 Å². The Bertz CT molecular complexity index is 1600. The number of hydrogen-bond acceptors (Lipinski definition) is 13. The van der Waals surface area contributed by atoms with Gasteiger partial charge in [0.05, 0.1) is 37.0 Å². The molecule has 2 fully saturated rings. The first-order chi connectivity index (χ1) is 31.2. The zero-order chi connectivity index (χ0) is 47.9. The number of hydrogen-bond donors (Lipinski definition) is 6. The fourth-order valence-corrected chi connectivity index (χ4v) is 10.7. The number of esters is 1. The molecule has 0 unspecified atom stereocenters. The van der Waals surface area contributed by atoms with E-state index in [-0.39, 0.29) is 164 Å². The predicted octanol–water partition coefficient (Wildman–Crippen LogP) is 0.231. The van der Waals surface area contributed by atoms with Gasteiger partial charge >= 0.3 is 115 Å². The molecule has 4 aliphatic rings. The minimum absolute atomic E-state index is 0. The maximum absolute atomic E-state index is 10.8. The summed E-state index contributed by atoms with van der Waals surface area (Å²) in [5.74, 6) is 0.998. The van der Waals surface area contributed by atoms with Gasteiger partial charge in [-0.2, -0.15) is 0 Å². The Labute approximate surface area is 491 Å². The molecular formula is C52H82K2O14. The zero-order valence-electron chi connectivity index (χ0n) is 42.3. The Balaban J connectivity index is 0.00000108. The Morgan fingerprint density at radius 1 is 0.676 bits per heavy atom. The van der Waals surface area contributed by atoms with Gasteiger partial charge in [0.1, 0.15) is 18.1 Å². The van der Waals surface area contributed by atoms with Crippen molar-refractivity contribution in [1.82, 2.24) is 0 Å². The maximum Gasteiger partial charge on any atom is 1.00 e. The summed E-state index contributed by atoms with van der Waals surface area (Å²) in [5, 5.41) is 69.1. The largest absolute Gasteiger partial charge is 1.00 e. The third-order valence-electron chi connectivity index (χ3n) is 13.7. The van der Waals surface area contributed by atoms with Crippen LogP contribution in [0.3, 0.4) is 0 Å². The predicted molar refractivity (Wildman–Crippen MR) is 249 cm³/mol. The van der Waals surface area contributed by atoms with Crippen LogP contribution in [0.2, 0.25) is 0 Å². The molecule has 6 rings (SSSR count). The molecule has 0 aromatic heterocycles. The van der Waals surface area contributed by atoms with E-state index in [2.05, 4.69) is 30.7 Å². The van der Waals surface area contributed by atoms with Crippen molar-refractivity contribution in [2.24, 2.45) is 35.5 Å². The van der Waals surface area contributed by atoms with Crippen LogP contribution in [0.1, 0.15) is 147 Å². The van der Waals surface area contributed by atoms with Gasteiger partial charge in [-0.1, -0.05) is 76.6 Å². The summed E-state index contributed by atoms with van der Waals surface area (Å²) in [7, 11) is 0. The number of ether oxygens (including phenoxy) is 3. The summed E-state index contributed by atoms with van der Waals surface area (Å²) in [4.78, 5) is 31.4. The molecular weight excluding hydrogens is 927 g/mol. The molecule has 0 radical (unpaired) electrons. The van der Waals surface area contributed by atoms with Gasteiger partial charge in [0.15, 0.2) is 6.61 Å². The van der Waals surface area contributed by atoms with E-state index in [0.717, 1.165) is 127 Å². The van der Waals surface area contributed by atoms with E-state index in [9.17, 15) is 39.9 Å².